The van der Waals surface area contributed by atoms with E-state index in [9.17, 15) is 9.18 Å². The quantitative estimate of drug-likeness (QED) is 0.598. The summed E-state index contributed by atoms with van der Waals surface area (Å²) in [5.74, 6) is 0.573. The molecule has 0 saturated carbocycles. The number of carbonyl (C=O) groups excluding carboxylic acids is 1. The zero-order valence-electron chi connectivity index (χ0n) is 15.5. The first-order valence-electron chi connectivity index (χ1n) is 8.24. The summed E-state index contributed by atoms with van der Waals surface area (Å²) in [7, 11) is 3.09. The van der Waals surface area contributed by atoms with Gasteiger partial charge in [0.05, 0.1) is 25.7 Å². The van der Waals surface area contributed by atoms with Gasteiger partial charge in [0.25, 0.3) is 5.22 Å². The number of anilines is 1. The molecule has 0 bridgehead atoms. The molecular formula is C19H18FN3O4S. The molecule has 7 nitrogen and oxygen atoms in total. The molecule has 1 aromatic heterocycles. The zero-order valence-corrected chi connectivity index (χ0v) is 16.3. The molecule has 0 atom stereocenters. The Bertz CT molecular complexity index is 971. The van der Waals surface area contributed by atoms with Crippen LogP contribution in [0.4, 0.5) is 10.1 Å². The maximum absolute atomic E-state index is 13.8. The Labute approximate surface area is 165 Å². The summed E-state index contributed by atoms with van der Waals surface area (Å²) >= 11 is 1.05. The lowest BCUT2D eigenvalue weighted by Gasteiger charge is -2.06. The lowest BCUT2D eigenvalue weighted by molar-refractivity contribution is -0.113. The van der Waals surface area contributed by atoms with Crippen LogP contribution in [0.15, 0.2) is 46.0 Å². The molecule has 0 saturated heterocycles. The maximum atomic E-state index is 13.8. The Morgan fingerprint density at radius 1 is 1.14 bits per heavy atom. The summed E-state index contributed by atoms with van der Waals surface area (Å²) in [5, 5.41) is 10.6. The molecule has 0 spiro atoms. The van der Waals surface area contributed by atoms with Crippen LogP contribution in [-0.2, 0) is 4.79 Å². The summed E-state index contributed by atoms with van der Waals surface area (Å²) in [5.41, 5.74) is 1.53. The second-order valence-corrected chi connectivity index (χ2v) is 6.72. The molecule has 1 heterocycles. The minimum atomic E-state index is -0.481. The van der Waals surface area contributed by atoms with Crippen molar-refractivity contribution in [2.45, 2.75) is 12.1 Å². The number of rotatable bonds is 7. The number of carbonyl (C=O) groups is 1. The van der Waals surface area contributed by atoms with E-state index in [1.54, 1.807) is 45.4 Å². The van der Waals surface area contributed by atoms with E-state index in [-0.39, 0.29) is 28.5 Å². The van der Waals surface area contributed by atoms with E-state index < -0.39 is 5.82 Å². The van der Waals surface area contributed by atoms with E-state index in [0.29, 0.717) is 17.1 Å². The predicted octanol–water partition coefficient (Wildman–Crippen LogP) is 3.93. The largest absolute Gasteiger partial charge is 0.497 e. The number of ether oxygens (including phenoxy) is 2. The number of thioether (sulfide) groups is 1. The first kappa shape index (κ1) is 19.7. The molecule has 0 aliphatic carbocycles. The van der Waals surface area contributed by atoms with Gasteiger partial charge in [0, 0.05) is 11.6 Å². The van der Waals surface area contributed by atoms with Gasteiger partial charge in [0.1, 0.15) is 17.3 Å². The summed E-state index contributed by atoms with van der Waals surface area (Å²) in [6.45, 7) is 1.77. The van der Waals surface area contributed by atoms with Gasteiger partial charge in [-0.1, -0.05) is 17.8 Å². The molecule has 0 aliphatic rings. The van der Waals surface area contributed by atoms with Crippen LogP contribution >= 0.6 is 11.8 Å². The van der Waals surface area contributed by atoms with Crippen LogP contribution < -0.4 is 14.8 Å². The number of halogens is 1. The van der Waals surface area contributed by atoms with E-state index in [0.717, 1.165) is 17.3 Å². The third-order valence-electron chi connectivity index (χ3n) is 3.73. The number of methoxy groups -OCH3 is 2. The van der Waals surface area contributed by atoms with Crippen LogP contribution in [0.2, 0.25) is 0 Å². The third-order valence-corrected chi connectivity index (χ3v) is 4.55. The smallest absolute Gasteiger partial charge is 0.277 e. The maximum Gasteiger partial charge on any atom is 0.277 e. The topological polar surface area (TPSA) is 86.5 Å². The van der Waals surface area contributed by atoms with Gasteiger partial charge >= 0.3 is 0 Å². The minimum absolute atomic E-state index is 0.00359. The Morgan fingerprint density at radius 2 is 1.86 bits per heavy atom. The third kappa shape index (κ3) is 4.80. The van der Waals surface area contributed by atoms with E-state index in [2.05, 4.69) is 15.5 Å². The van der Waals surface area contributed by atoms with Crippen LogP contribution in [0.25, 0.3) is 11.5 Å². The number of nitrogens with zero attached hydrogens (tertiary/aromatic N) is 2. The van der Waals surface area contributed by atoms with E-state index >= 15 is 0 Å². The van der Waals surface area contributed by atoms with Gasteiger partial charge in [0.2, 0.25) is 11.8 Å². The molecule has 146 valence electrons. The van der Waals surface area contributed by atoms with Crippen molar-refractivity contribution in [1.82, 2.24) is 10.2 Å². The van der Waals surface area contributed by atoms with Crippen LogP contribution in [0, 0.1) is 12.7 Å². The molecule has 9 heteroatoms. The zero-order chi connectivity index (χ0) is 20.1. The van der Waals surface area contributed by atoms with E-state index in [4.69, 9.17) is 13.9 Å². The number of aromatic nitrogens is 2. The molecule has 1 N–H and O–H groups in total. The molecule has 0 unspecified atom stereocenters. The summed E-state index contributed by atoms with van der Waals surface area (Å²) in [6, 6.07) is 9.79. The van der Waals surface area contributed by atoms with Crippen molar-refractivity contribution < 1.29 is 23.1 Å². The SMILES string of the molecule is COc1cc(OC)cc(-c2nnc(SCC(=O)Nc3ccc(C)cc3F)o2)c1. The minimum Gasteiger partial charge on any atom is -0.497 e. The normalized spacial score (nSPS) is 10.6. The van der Waals surface area contributed by atoms with Gasteiger partial charge in [-0.15, -0.1) is 10.2 Å². The van der Waals surface area contributed by atoms with Crippen LogP contribution in [0.1, 0.15) is 5.56 Å². The molecule has 2 aromatic carbocycles. The highest BCUT2D eigenvalue weighted by molar-refractivity contribution is 7.99. The first-order valence-corrected chi connectivity index (χ1v) is 9.23. The number of benzene rings is 2. The standard InChI is InChI=1S/C19H18FN3O4S/c1-11-4-5-16(15(20)6-11)21-17(24)10-28-19-23-22-18(27-19)12-7-13(25-2)9-14(8-12)26-3/h4-9H,10H2,1-3H3,(H,21,24). The van der Waals surface area contributed by atoms with E-state index in [1.165, 1.54) is 12.1 Å². The highest BCUT2D eigenvalue weighted by Crippen LogP contribution is 2.30. The fourth-order valence-electron chi connectivity index (χ4n) is 2.35. The van der Waals surface area contributed by atoms with Crippen molar-refractivity contribution in [3.05, 3.63) is 47.8 Å². The fraction of sp³-hybridized carbons (Fsp3) is 0.211. The Kier molecular flexibility index (Phi) is 6.15. The average molecular weight is 403 g/mol. The van der Waals surface area contributed by atoms with Crippen molar-refractivity contribution >= 4 is 23.4 Å². The predicted molar refractivity (Wildman–Crippen MR) is 103 cm³/mol. The van der Waals surface area contributed by atoms with Gasteiger partial charge in [-0.05, 0) is 36.8 Å². The summed E-state index contributed by atoms with van der Waals surface area (Å²) < 4.78 is 29.8. The molecule has 0 aliphatic heterocycles. The first-order chi connectivity index (χ1) is 13.5. The number of nitrogens with one attached hydrogen (secondary N) is 1. The molecule has 0 radical (unpaired) electrons. The van der Waals surface area contributed by atoms with Crippen molar-refractivity contribution in [3.8, 4) is 23.0 Å². The summed E-state index contributed by atoms with van der Waals surface area (Å²) in [4.78, 5) is 12.0. The molecule has 3 aromatic rings. The fourth-order valence-corrected chi connectivity index (χ4v) is 2.91. The van der Waals surface area contributed by atoms with Crippen molar-refractivity contribution in [2.75, 3.05) is 25.3 Å². The van der Waals surface area contributed by atoms with Crippen LogP contribution in [0.5, 0.6) is 11.5 Å². The lowest BCUT2D eigenvalue weighted by Crippen LogP contribution is -2.15. The lowest BCUT2D eigenvalue weighted by atomic mass is 10.2. The van der Waals surface area contributed by atoms with E-state index in [1.807, 2.05) is 0 Å². The monoisotopic (exact) mass is 403 g/mol. The highest BCUT2D eigenvalue weighted by atomic mass is 32.2. The van der Waals surface area contributed by atoms with Crippen molar-refractivity contribution in [3.63, 3.8) is 0 Å². The molecule has 28 heavy (non-hydrogen) atoms. The second kappa shape index (κ2) is 8.75. The summed E-state index contributed by atoms with van der Waals surface area (Å²) in [6.07, 6.45) is 0. The number of aryl methyl sites for hydroxylation is 1. The van der Waals surface area contributed by atoms with Crippen LogP contribution in [0.3, 0.4) is 0 Å². The Morgan fingerprint density at radius 3 is 2.50 bits per heavy atom. The molecule has 1 amide bonds. The average Bonchev–Trinajstić information content (AvgIpc) is 3.17. The van der Waals surface area contributed by atoms with Gasteiger partial charge in [-0.25, -0.2) is 4.39 Å². The number of hydrogen-bond donors (Lipinski definition) is 1. The number of amides is 1. The van der Waals surface area contributed by atoms with Gasteiger partial charge < -0.3 is 19.2 Å². The van der Waals surface area contributed by atoms with Gasteiger partial charge in [-0.2, -0.15) is 0 Å². The highest BCUT2D eigenvalue weighted by Gasteiger charge is 2.14. The van der Waals surface area contributed by atoms with Crippen molar-refractivity contribution in [1.29, 1.82) is 0 Å². The second-order valence-electron chi connectivity index (χ2n) is 5.79. The van der Waals surface area contributed by atoms with Crippen molar-refractivity contribution in [2.24, 2.45) is 0 Å². The van der Waals surface area contributed by atoms with Gasteiger partial charge in [-0.3, -0.25) is 4.79 Å². The molecule has 3 rings (SSSR count). The molecule has 0 fully saturated rings. The Balaban J connectivity index is 1.64. The molecular weight excluding hydrogens is 385 g/mol. The van der Waals surface area contributed by atoms with Gasteiger partial charge in [0.15, 0.2) is 0 Å². The van der Waals surface area contributed by atoms with Crippen LogP contribution in [-0.4, -0.2) is 36.1 Å². The Hall–Kier alpha value is -3.07. The number of hydrogen-bond acceptors (Lipinski definition) is 7.